The summed E-state index contributed by atoms with van der Waals surface area (Å²) in [5.74, 6) is -4.56. The van der Waals surface area contributed by atoms with Crippen LogP contribution in [0.5, 0.6) is 0 Å². The van der Waals surface area contributed by atoms with Gasteiger partial charge in [-0.15, -0.1) is 0 Å². The van der Waals surface area contributed by atoms with Gasteiger partial charge in [-0.3, -0.25) is 19.2 Å². The molecule has 0 unspecified atom stereocenters. The number of hydrogen-bond donors (Lipinski definition) is 8. The van der Waals surface area contributed by atoms with Crippen molar-refractivity contribution >= 4 is 23.9 Å². The van der Waals surface area contributed by atoms with E-state index in [2.05, 4.69) is 0 Å². The Morgan fingerprint density at radius 1 is 0.390 bits per heavy atom. The van der Waals surface area contributed by atoms with Gasteiger partial charge < -0.3 is 59.8 Å². The minimum Gasteiger partial charge on any atom is -0.464 e. The Balaban J connectivity index is 6.54. The van der Waals surface area contributed by atoms with Gasteiger partial charge in [0.25, 0.3) is 0 Å². The molecule has 0 aliphatic rings. The van der Waals surface area contributed by atoms with Gasteiger partial charge in [-0.25, -0.2) is 0 Å². The van der Waals surface area contributed by atoms with Gasteiger partial charge in [0, 0.05) is 0 Å². The van der Waals surface area contributed by atoms with Crippen LogP contribution < -0.4 is 0 Å². The van der Waals surface area contributed by atoms with E-state index in [0.29, 0.717) is 0 Å². The molecule has 0 aliphatic carbocycles. The summed E-state index contributed by atoms with van der Waals surface area (Å²) >= 11 is 0. The fourth-order valence-electron chi connectivity index (χ4n) is 2.54. The molecule has 0 fully saturated rings. The monoisotopic (exact) mass is 600 g/mol. The van der Waals surface area contributed by atoms with E-state index >= 15 is 0 Å². The summed E-state index contributed by atoms with van der Waals surface area (Å²) < 4.78 is 20.9. The van der Waals surface area contributed by atoms with Gasteiger partial charge in [0.2, 0.25) is 0 Å². The topological polar surface area (TPSA) is 267 Å². The lowest BCUT2D eigenvalue weighted by Crippen LogP contribution is -2.49. The van der Waals surface area contributed by atoms with E-state index in [1.165, 1.54) is 27.7 Å². The first-order chi connectivity index (χ1) is 19.0. The lowest BCUT2D eigenvalue weighted by molar-refractivity contribution is -0.187. The van der Waals surface area contributed by atoms with Crippen molar-refractivity contribution in [1.29, 1.82) is 0 Å². The largest absolute Gasteiger partial charge is 0.464 e. The van der Waals surface area contributed by atoms with Gasteiger partial charge in [-0.2, -0.15) is 0 Å². The van der Waals surface area contributed by atoms with Crippen LogP contribution >= 0.6 is 0 Å². The number of aliphatic hydroxyl groups excluding tert-OH is 8. The average molecular weight is 601 g/mol. The highest BCUT2D eigenvalue weighted by Gasteiger charge is 2.45. The Kier molecular flexibility index (Phi) is 15.3. The maximum Gasteiger partial charge on any atom is 0.316 e. The van der Waals surface area contributed by atoms with E-state index in [0.717, 1.165) is 0 Å². The summed E-state index contributed by atoms with van der Waals surface area (Å²) in [6.07, 6.45) is 0. The fourth-order valence-corrected chi connectivity index (χ4v) is 2.54. The highest BCUT2D eigenvalue weighted by molar-refractivity contribution is 5.78. The molecule has 16 nitrogen and oxygen atoms in total. The second-order valence-corrected chi connectivity index (χ2v) is 11.3. The van der Waals surface area contributed by atoms with Gasteiger partial charge in [0.1, 0.15) is 53.5 Å². The molecule has 0 heterocycles. The Bertz CT molecular complexity index is 714. The van der Waals surface area contributed by atoms with Crippen molar-refractivity contribution in [3.8, 4) is 0 Å². The normalized spacial score (nSPS) is 13.0. The number of aliphatic hydroxyl groups is 8. The quantitative estimate of drug-likeness (QED) is 0.0490. The zero-order valence-electron chi connectivity index (χ0n) is 23.8. The van der Waals surface area contributed by atoms with Gasteiger partial charge in [0.05, 0.1) is 52.9 Å². The highest BCUT2D eigenvalue weighted by atomic mass is 16.6. The van der Waals surface area contributed by atoms with Gasteiger partial charge in [0.15, 0.2) is 0 Å². The summed E-state index contributed by atoms with van der Waals surface area (Å²) in [5.41, 5.74) is -9.10. The van der Waals surface area contributed by atoms with Gasteiger partial charge in [-0.1, -0.05) is 0 Å². The van der Waals surface area contributed by atoms with E-state index < -0.39 is 130 Å². The molecule has 8 N–H and O–H groups in total. The third-order valence-electron chi connectivity index (χ3n) is 6.80. The molecular weight excluding hydrogens is 556 g/mol. The number of ether oxygens (including phenoxy) is 4. The maximum absolute atomic E-state index is 12.7. The minimum atomic E-state index is -1.94. The molecule has 0 aliphatic heterocycles. The molecule has 0 aromatic rings. The summed E-state index contributed by atoms with van der Waals surface area (Å²) in [6, 6.07) is 0. The smallest absolute Gasteiger partial charge is 0.316 e. The molecule has 0 amide bonds. The summed E-state index contributed by atoms with van der Waals surface area (Å²) in [7, 11) is 0. The summed E-state index contributed by atoms with van der Waals surface area (Å²) in [5, 5.41) is 76.3. The van der Waals surface area contributed by atoms with Crippen LogP contribution in [0.25, 0.3) is 0 Å². The number of carbonyl (C=O) groups excluding carboxylic acids is 4. The number of hydrogen-bond acceptors (Lipinski definition) is 16. The number of rotatable bonds is 20. The Hall–Kier alpha value is -2.44. The van der Waals surface area contributed by atoms with E-state index in [1.807, 2.05) is 0 Å². The molecular formula is C25H44O16. The molecule has 0 radical (unpaired) electrons. The van der Waals surface area contributed by atoms with Gasteiger partial charge in [-0.05, 0) is 27.7 Å². The van der Waals surface area contributed by atoms with Gasteiger partial charge >= 0.3 is 23.9 Å². The molecule has 0 aromatic carbocycles. The third-order valence-corrected chi connectivity index (χ3v) is 6.80. The van der Waals surface area contributed by atoms with E-state index in [4.69, 9.17) is 18.9 Å². The van der Waals surface area contributed by atoms with Crippen LogP contribution in [0, 0.1) is 27.1 Å². The van der Waals surface area contributed by atoms with Crippen LogP contribution in [-0.2, 0) is 38.1 Å². The van der Waals surface area contributed by atoms with Crippen LogP contribution in [0.3, 0.4) is 0 Å². The zero-order valence-corrected chi connectivity index (χ0v) is 23.8. The van der Waals surface area contributed by atoms with Crippen LogP contribution in [0.15, 0.2) is 0 Å². The molecule has 0 spiro atoms. The zero-order chi connectivity index (χ0) is 32.1. The highest BCUT2D eigenvalue weighted by Crippen LogP contribution is 2.29. The molecule has 0 rings (SSSR count). The third kappa shape index (κ3) is 9.82. The van der Waals surface area contributed by atoms with Crippen molar-refractivity contribution in [2.45, 2.75) is 27.7 Å². The van der Waals surface area contributed by atoms with Crippen LogP contribution in [-0.4, -0.2) is 144 Å². The summed E-state index contributed by atoms with van der Waals surface area (Å²) in [4.78, 5) is 50.7. The lowest BCUT2D eigenvalue weighted by atomic mass is 9.89. The Morgan fingerprint density at radius 3 is 0.659 bits per heavy atom. The Labute approximate surface area is 237 Å². The SMILES string of the molecule is CC(CO)(CO)C(=O)OCC(COC(=O)C(C)(CO)CO)(COC(=O)C(C)(CO)CO)COC(=O)C(C)(CO)CO. The first-order valence-electron chi connectivity index (χ1n) is 12.6. The molecule has 0 atom stereocenters. The predicted octanol–water partition coefficient (Wildman–Crippen LogP) is -3.89. The molecule has 240 valence electrons. The number of esters is 4. The van der Waals surface area contributed by atoms with Crippen molar-refractivity contribution < 1.29 is 79.0 Å². The molecule has 0 bridgehead atoms. The standard InChI is InChI=1S/C25H44O16/c1-21(5-26,6-27)17(34)38-13-25(14-39-18(35)22(2,7-28)8-29,15-40-19(36)23(3,9-30)10-31)16-41-20(37)24(4,11-32)12-33/h26-33H,5-16H2,1-4H3. The lowest BCUT2D eigenvalue weighted by Gasteiger charge is -2.36. The van der Waals surface area contributed by atoms with Crippen molar-refractivity contribution in [2.24, 2.45) is 27.1 Å². The first-order valence-corrected chi connectivity index (χ1v) is 12.6. The van der Waals surface area contributed by atoms with E-state index in [1.54, 1.807) is 0 Å². The number of carbonyl (C=O) groups is 4. The van der Waals surface area contributed by atoms with Crippen LogP contribution in [0.4, 0.5) is 0 Å². The van der Waals surface area contributed by atoms with Crippen molar-refractivity contribution in [2.75, 3.05) is 79.3 Å². The fraction of sp³-hybridized carbons (Fsp3) is 0.840. The van der Waals surface area contributed by atoms with Crippen molar-refractivity contribution in [3.63, 3.8) is 0 Å². The average Bonchev–Trinajstić information content (AvgIpc) is 3.01. The maximum atomic E-state index is 12.7. The second kappa shape index (κ2) is 16.3. The molecule has 41 heavy (non-hydrogen) atoms. The summed E-state index contributed by atoms with van der Waals surface area (Å²) in [6.45, 7) is -5.36. The first kappa shape index (κ1) is 38.6. The van der Waals surface area contributed by atoms with E-state index in [-0.39, 0.29) is 0 Å². The van der Waals surface area contributed by atoms with Crippen LogP contribution in [0.1, 0.15) is 27.7 Å². The molecule has 0 saturated carbocycles. The molecule has 0 saturated heterocycles. The second-order valence-electron chi connectivity index (χ2n) is 11.3. The van der Waals surface area contributed by atoms with E-state index in [9.17, 15) is 60.0 Å². The van der Waals surface area contributed by atoms with Crippen LogP contribution in [0.2, 0.25) is 0 Å². The molecule has 0 aromatic heterocycles. The Morgan fingerprint density at radius 2 is 0.537 bits per heavy atom. The minimum absolute atomic E-state index is 0.837. The van der Waals surface area contributed by atoms with Crippen molar-refractivity contribution in [3.05, 3.63) is 0 Å². The predicted molar refractivity (Wildman–Crippen MR) is 135 cm³/mol. The molecule has 16 heteroatoms. The van der Waals surface area contributed by atoms with Crippen molar-refractivity contribution in [1.82, 2.24) is 0 Å².